The molecule has 4 heteroatoms. The Balaban J connectivity index is 1.38. The van der Waals surface area contributed by atoms with Crippen LogP contribution in [0.5, 0.6) is 0 Å². The highest BCUT2D eigenvalue weighted by molar-refractivity contribution is 7.34. The molecule has 0 aliphatic heterocycles. The van der Waals surface area contributed by atoms with Crippen LogP contribution in [0.2, 0.25) is 0 Å². The van der Waals surface area contributed by atoms with Gasteiger partial charge in [-0.2, -0.15) is 0 Å². The highest BCUT2D eigenvalue weighted by atomic mass is 32.1. The second kappa shape index (κ2) is 20.3. The van der Waals surface area contributed by atoms with Gasteiger partial charge in [-0.1, -0.05) is 182 Å². The largest absolute Gasteiger partial charge is 0.143 e. The molecule has 6 rings (SSSR count). The van der Waals surface area contributed by atoms with E-state index in [0.29, 0.717) is 0 Å². The monoisotopic (exact) mass is 776 g/mol. The number of unbranched alkanes of at least 4 members (excludes halogenated alkanes) is 20. The first-order valence-corrected chi connectivity index (χ1v) is 25.8. The summed E-state index contributed by atoms with van der Waals surface area (Å²) in [4.78, 5) is 6.68. The molecule has 0 fully saturated rings. The molecule has 2 aliphatic carbocycles. The first-order chi connectivity index (χ1) is 25.7. The molecule has 0 radical (unpaired) electrons. The number of rotatable bonds is 28. The van der Waals surface area contributed by atoms with Gasteiger partial charge in [-0.05, 0) is 59.7 Å². The summed E-state index contributed by atoms with van der Waals surface area (Å²) < 4.78 is 3.44. The smallest absolute Gasteiger partial charge is 0.0508 e. The van der Waals surface area contributed by atoms with Crippen LogP contribution in [0.25, 0.3) is 28.9 Å². The maximum absolute atomic E-state index is 2.58. The van der Waals surface area contributed by atoms with Crippen molar-refractivity contribution in [2.24, 2.45) is 0 Å². The lowest BCUT2D eigenvalue weighted by Gasteiger charge is -2.32. The van der Waals surface area contributed by atoms with E-state index in [1.165, 1.54) is 180 Å². The Morgan fingerprint density at radius 2 is 0.654 bits per heavy atom. The normalized spacial score (nSPS) is 15.1. The molecular weight excluding hydrogens is 705 g/mol. The van der Waals surface area contributed by atoms with Crippen molar-refractivity contribution in [3.8, 4) is 19.5 Å². The predicted octanol–water partition coefficient (Wildman–Crippen LogP) is 18.6. The molecule has 0 atom stereocenters. The van der Waals surface area contributed by atoms with E-state index in [2.05, 4.69) is 95.9 Å². The van der Waals surface area contributed by atoms with Crippen LogP contribution in [0.4, 0.5) is 0 Å². The molecule has 288 valence electrons. The van der Waals surface area contributed by atoms with Crippen LogP contribution in [0.3, 0.4) is 0 Å². The third-order valence-electron chi connectivity index (χ3n) is 13.1. The van der Waals surface area contributed by atoms with Gasteiger partial charge in [0.1, 0.15) is 0 Å². The number of thiophene rings is 4. The molecule has 0 bridgehead atoms. The summed E-state index contributed by atoms with van der Waals surface area (Å²) in [5, 5.41) is 4.89. The second-order valence-corrected chi connectivity index (χ2v) is 20.7. The Bertz CT molecular complexity index is 1470. The summed E-state index contributed by atoms with van der Waals surface area (Å²) in [7, 11) is 0. The van der Waals surface area contributed by atoms with Gasteiger partial charge in [0.15, 0.2) is 0 Å². The maximum Gasteiger partial charge on any atom is 0.0508 e. The molecule has 2 aliphatic rings. The highest BCUT2D eigenvalue weighted by Gasteiger charge is 2.51. The molecule has 4 aromatic heterocycles. The lowest BCUT2D eigenvalue weighted by Crippen LogP contribution is -2.25. The Morgan fingerprint density at radius 3 is 0.962 bits per heavy atom. The van der Waals surface area contributed by atoms with Gasteiger partial charge in [0.05, 0.1) is 19.2 Å². The minimum Gasteiger partial charge on any atom is -0.143 e. The van der Waals surface area contributed by atoms with Gasteiger partial charge in [-0.25, -0.2) is 0 Å². The van der Waals surface area contributed by atoms with Crippen molar-refractivity contribution in [1.29, 1.82) is 0 Å². The van der Waals surface area contributed by atoms with E-state index in [1.807, 2.05) is 11.1 Å². The molecule has 0 N–H and O–H groups in total. The average molecular weight is 777 g/mol. The zero-order valence-electron chi connectivity index (χ0n) is 33.7. The van der Waals surface area contributed by atoms with Crippen molar-refractivity contribution in [3.05, 3.63) is 45.1 Å². The van der Waals surface area contributed by atoms with Gasteiger partial charge in [0, 0.05) is 31.7 Å². The van der Waals surface area contributed by atoms with Crippen LogP contribution < -0.4 is 0 Å². The average Bonchev–Trinajstić information content (AvgIpc) is 3.99. The van der Waals surface area contributed by atoms with Crippen LogP contribution in [-0.4, -0.2) is 0 Å². The minimum atomic E-state index is 0.219. The molecule has 0 nitrogen and oxygen atoms in total. The molecule has 0 saturated carbocycles. The second-order valence-electron chi connectivity index (χ2n) is 16.8. The van der Waals surface area contributed by atoms with E-state index in [9.17, 15) is 0 Å². The van der Waals surface area contributed by atoms with Crippen LogP contribution in [0.1, 0.15) is 230 Å². The van der Waals surface area contributed by atoms with E-state index < -0.39 is 0 Å². The molecular formula is C48H72S4. The van der Waals surface area contributed by atoms with E-state index >= 15 is 0 Å². The maximum atomic E-state index is 2.58. The van der Waals surface area contributed by atoms with E-state index in [-0.39, 0.29) is 10.8 Å². The molecule has 0 amide bonds. The molecule has 52 heavy (non-hydrogen) atoms. The van der Waals surface area contributed by atoms with Crippen LogP contribution in [-0.2, 0) is 10.8 Å². The lowest BCUT2D eigenvalue weighted by molar-refractivity contribution is 0.400. The van der Waals surface area contributed by atoms with E-state index in [0.717, 1.165) is 0 Å². The molecule has 0 saturated heterocycles. The quantitative estimate of drug-likeness (QED) is 0.0504. The zero-order valence-corrected chi connectivity index (χ0v) is 37.0. The Labute approximate surface area is 335 Å². The van der Waals surface area contributed by atoms with Crippen molar-refractivity contribution in [3.63, 3.8) is 0 Å². The summed E-state index contributed by atoms with van der Waals surface area (Å²) in [5.41, 5.74) is 7.49. The van der Waals surface area contributed by atoms with Gasteiger partial charge in [-0.15, -0.1) is 45.3 Å². The molecule has 0 spiro atoms. The van der Waals surface area contributed by atoms with Crippen molar-refractivity contribution in [1.82, 2.24) is 0 Å². The van der Waals surface area contributed by atoms with Crippen LogP contribution >= 0.6 is 45.3 Å². The number of fused-ring (bicyclic) bond motifs is 9. The Morgan fingerprint density at radius 1 is 0.365 bits per heavy atom. The fraction of sp³-hybridized carbons (Fsp3) is 0.708. The summed E-state index contributed by atoms with van der Waals surface area (Å²) >= 11 is 8.63. The fourth-order valence-corrected chi connectivity index (χ4v) is 15.8. The predicted molar refractivity (Wildman–Crippen MR) is 240 cm³/mol. The first-order valence-electron chi connectivity index (χ1n) is 22.4. The van der Waals surface area contributed by atoms with Crippen molar-refractivity contribution in [2.75, 3.05) is 0 Å². The Kier molecular flexibility index (Phi) is 15.9. The van der Waals surface area contributed by atoms with Crippen LogP contribution in [0, 0.1) is 0 Å². The number of hydrogen-bond acceptors (Lipinski definition) is 4. The SMILES string of the molecule is CCCCCCCCC1(CCCCCCCC)c2ccsc2-c2sc3c4c(sc3c21)-c1sccc1C4(CCCCCCCC)CCCCCCCC. The number of hydrogen-bond donors (Lipinski definition) is 0. The zero-order chi connectivity index (χ0) is 36.2. The minimum absolute atomic E-state index is 0.219. The topological polar surface area (TPSA) is 0 Å². The highest BCUT2D eigenvalue weighted by Crippen LogP contribution is 2.68. The summed E-state index contributed by atoms with van der Waals surface area (Å²) in [6, 6.07) is 5.15. The van der Waals surface area contributed by atoms with Gasteiger partial charge < -0.3 is 0 Å². The van der Waals surface area contributed by atoms with Crippen molar-refractivity contribution in [2.45, 2.75) is 218 Å². The van der Waals surface area contributed by atoms with Crippen molar-refractivity contribution >= 4 is 54.7 Å². The van der Waals surface area contributed by atoms with Gasteiger partial charge in [-0.3, -0.25) is 0 Å². The summed E-state index contributed by atoms with van der Waals surface area (Å²) in [6.45, 7) is 9.40. The molecule has 4 heterocycles. The van der Waals surface area contributed by atoms with E-state index in [4.69, 9.17) is 0 Å². The lowest BCUT2D eigenvalue weighted by atomic mass is 9.70. The fourth-order valence-electron chi connectivity index (χ4n) is 10.2. The summed E-state index contributed by atoms with van der Waals surface area (Å²) in [5.74, 6) is 0. The molecule has 4 aromatic rings. The third kappa shape index (κ3) is 8.56. The van der Waals surface area contributed by atoms with Crippen LogP contribution in [0.15, 0.2) is 22.9 Å². The standard InChI is InChI=1S/C48H72S4/c1-5-9-13-17-21-25-31-47(32-26-22-18-14-10-6-2)37-29-35-49-41(37)43-39(47)45-46(51-43)40-44(52-45)42-38(30-36-50-42)48(40,33-27-23-19-15-11-7-3)34-28-24-20-16-12-8-4/h29-30,35-36H,5-28,31-34H2,1-4H3. The first kappa shape index (κ1) is 40.7. The third-order valence-corrected chi connectivity index (χ3v) is 17.8. The van der Waals surface area contributed by atoms with Gasteiger partial charge >= 0.3 is 0 Å². The van der Waals surface area contributed by atoms with Gasteiger partial charge in [0.2, 0.25) is 0 Å². The molecule has 0 aromatic carbocycles. The van der Waals surface area contributed by atoms with Crippen molar-refractivity contribution < 1.29 is 0 Å². The van der Waals surface area contributed by atoms with Gasteiger partial charge in [0.25, 0.3) is 0 Å². The van der Waals surface area contributed by atoms with E-state index in [1.54, 1.807) is 40.0 Å². The summed E-state index contributed by atoms with van der Waals surface area (Å²) in [6.07, 6.45) is 38.8. The molecule has 0 unspecified atom stereocenters. The Hall–Kier alpha value is -0.940.